The van der Waals surface area contributed by atoms with Crippen LogP contribution < -0.4 is 11.3 Å². The summed E-state index contributed by atoms with van der Waals surface area (Å²) in [5.74, 6) is 0.127. The third-order valence-corrected chi connectivity index (χ3v) is 3.07. The van der Waals surface area contributed by atoms with Crippen molar-refractivity contribution in [1.82, 2.24) is 15.0 Å². The topological polar surface area (TPSA) is 84.7 Å². The Morgan fingerprint density at radius 3 is 2.43 bits per heavy atom. The Bertz CT molecular complexity index is 818. The zero-order valence-corrected chi connectivity index (χ0v) is 12.8. The van der Waals surface area contributed by atoms with E-state index in [0.29, 0.717) is 10.9 Å². The summed E-state index contributed by atoms with van der Waals surface area (Å²) < 4.78 is 0. The van der Waals surface area contributed by atoms with Crippen LogP contribution in [0, 0.1) is 6.92 Å². The summed E-state index contributed by atoms with van der Waals surface area (Å²) in [7, 11) is 0. The molecule has 7 heteroatoms. The van der Waals surface area contributed by atoms with Crippen LogP contribution in [-0.4, -0.2) is 15.0 Å². The second kappa shape index (κ2) is 6.56. The number of hydrogen-bond donors (Lipinski definition) is 2. The Labute approximate surface area is 133 Å². The Kier molecular flexibility index (Phi) is 5.29. The first-order valence-electron chi connectivity index (χ1n) is 5.86. The number of hydrogen-bond acceptors (Lipinski definition) is 4. The molecule has 0 aliphatic carbocycles. The van der Waals surface area contributed by atoms with Gasteiger partial charge in [0.05, 0.1) is 10.9 Å². The molecule has 1 aromatic carbocycles. The number of nitrogens with one attached hydrogen (secondary N) is 1. The fourth-order valence-electron chi connectivity index (χ4n) is 2.25. The molecular weight excluding hydrogens is 311 g/mol. The molecule has 0 fully saturated rings. The molecule has 0 bridgehead atoms. The van der Waals surface area contributed by atoms with Crippen molar-refractivity contribution < 1.29 is 0 Å². The highest BCUT2D eigenvalue weighted by Gasteiger charge is 2.12. The van der Waals surface area contributed by atoms with Crippen LogP contribution in [0.1, 0.15) is 5.56 Å². The van der Waals surface area contributed by atoms with Crippen molar-refractivity contribution in [2.24, 2.45) is 0 Å². The molecule has 21 heavy (non-hydrogen) atoms. The third kappa shape index (κ3) is 2.99. The first-order chi connectivity index (χ1) is 9.16. The number of halogens is 2. The van der Waals surface area contributed by atoms with Crippen molar-refractivity contribution in [2.75, 3.05) is 5.73 Å². The zero-order chi connectivity index (χ0) is 13.4. The van der Waals surface area contributed by atoms with Gasteiger partial charge in [0.25, 0.3) is 5.56 Å². The Balaban J connectivity index is 0.00000110. The van der Waals surface area contributed by atoms with Gasteiger partial charge < -0.3 is 5.73 Å². The lowest BCUT2D eigenvalue weighted by atomic mass is 9.97. The van der Waals surface area contributed by atoms with E-state index in [0.717, 1.165) is 16.7 Å². The molecule has 5 nitrogen and oxygen atoms in total. The maximum absolute atomic E-state index is 12.2. The van der Waals surface area contributed by atoms with Gasteiger partial charge in [-0.25, -0.2) is 4.98 Å². The van der Waals surface area contributed by atoms with E-state index >= 15 is 0 Å². The van der Waals surface area contributed by atoms with Gasteiger partial charge in [0.2, 0.25) is 5.95 Å². The maximum atomic E-state index is 12.2. The van der Waals surface area contributed by atoms with Crippen LogP contribution in [0.25, 0.3) is 22.0 Å². The normalized spacial score (nSPS) is 9.76. The van der Waals surface area contributed by atoms with E-state index in [9.17, 15) is 4.79 Å². The minimum absolute atomic E-state index is 0. The number of aromatic amines is 1. The quantitative estimate of drug-likeness (QED) is 0.720. The van der Waals surface area contributed by atoms with Gasteiger partial charge in [-0.15, -0.1) is 24.8 Å². The number of H-pyrrole nitrogens is 1. The summed E-state index contributed by atoms with van der Waals surface area (Å²) in [5.41, 5.74) is 8.77. The molecule has 0 spiro atoms. The van der Waals surface area contributed by atoms with Crippen molar-refractivity contribution in [1.29, 1.82) is 0 Å². The smallest absolute Gasteiger partial charge is 0.260 e. The molecule has 110 valence electrons. The summed E-state index contributed by atoms with van der Waals surface area (Å²) >= 11 is 0. The van der Waals surface area contributed by atoms with Crippen LogP contribution in [0.4, 0.5) is 5.95 Å². The Hall–Kier alpha value is -2.11. The molecule has 0 aliphatic rings. The number of pyridine rings is 1. The standard InChI is InChI=1S/C14H12N4O.2ClH/c1-8-2-3-10-12(13(19)18-14(15)17-10)11(8)9-4-6-16-7-5-9;;/h2-7H,1H3,(H3,15,17,18,19);2*1H. The summed E-state index contributed by atoms with van der Waals surface area (Å²) in [5, 5.41) is 0.556. The van der Waals surface area contributed by atoms with E-state index in [1.165, 1.54) is 0 Å². The monoisotopic (exact) mass is 324 g/mol. The van der Waals surface area contributed by atoms with Crippen LogP contribution in [0.5, 0.6) is 0 Å². The van der Waals surface area contributed by atoms with Gasteiger partial charge in [-0.2, -0.15) is 0 Å². The third-order valence-electron chi connectivity index (χ3n) is 3.07. The van der Waals surface area contributed by atoms with E-state index in [1.54, 1.807) is 18.5 Å². The largest absolute Gasteiger partial charge is 0.369 e. The van der Waals surface area contributed by atoms with Gasteiger partial charge in [-0.05, 0) is 41.8 Å². The molecule has 0 saturated heterocycles. The van der Waals surface area contributed by atoms with E-state index in [2.05, 4.69) is 15.0 Å². The van der Waals surface area contributed by atoms with Crippen molar-refractivity contribution >= 4 is 41.7 Å². The van der Waals surface area contributed by atoms with E-state index < -0.39 is 0 Å². The van der Waals surface area contributed by atoms with Crippen molar-refractivity contribution in [3.8, 4) is 11.1 Å². The lowest BCUT2D eigenvalue weighted by molar-refractivity contribution is 1.19. The van der Waals surface area contributed by atoms with Crippen LogP contribution in [-0.2, 0) is 0 Å². The first kappa shape index (κ1) is 16.9. The van der Waals surface area contributed by atoms with Crippen molar-refractivity contribution in [3.05, 3.63) is 52.6 Å². The molecular formula is C14H14Cl2N4O. The molecule has 3 rings (SSSR count). The van der Waals surface area contributed by atoms with Crippen molar-refractivity contribution in [3.63, 3.8) is 0 Å². The van der Waals surface area contributed by atoms with Crippen molar-refractivity contribution in [2.45, 2.75) is 6.92 Å². The number of nitrogens with zero attached hydrogens (tertiary/aromatic N) is 2. The van der Waals surface area contributed by atoms with Gasteiger partial charge >= 0.3 is 0 Å². The van der Waals surface area contributed by atoms with E-state index in [-0.39, 0.29) is 36.3 Å². The second-order valence-electron chi connectivity index (χ2n) is 4.34. The van der Waals surface area contributed by atoms with Crippen LogP contribution >= 0.6 is 24.8 Å². The lowest BCUT2D eigenvalue weighted by Crippen LogP contribution is -2.12. The van der Waals surface area contributed by atoms with Crippen LogP contribution in [0.2, 0.25) is 0 Å². The highest BCUT2D eigenvalue weighted by Crippen LogP contribution is 2.28. The zero-order valence-electron chi connectivity index (χ0n) is 11.2. The number of nitrogen functional groups attached to an aromatic ring is 1. The molecule has 3 N–H and O–H groups in total. The molecule has 3 aromatic rings. The average Bonchev–Trinajstić information content (AvgIpc) is 2.40. The predicted octanol–water partition coefficient (Wildman–Crippen LogP) is 2.72. The number of aromatic nitrogens is 3. The van der Waals surface area contributed by atoms with Gasteiger partial charge in [-0.3, -0.25) is 14.8 Å². The summed E-state index contributed by atoms with van der Waals surface area (Å²) in [6.07, 6.45) is 3.40. The molecule has 2 heterocycles. The number of fused-ring (bicyclic) bond motifs is 1. The van der Waals surface area contributed by atoms with Crippen LogP contribution in [0.15, 0.2) is 41.5 Å². The average molecular weight is 325 g/mol. The number of nitrogens with two attached hydrogens (primary N) is 1. The molecule has 0 aliphatic heterocycles. The van der Waals surface area contributed by atoms with E-state index in [4.69, 9.17) is 5.73 Å². The minimum atomic E-state index is -0.224. The maximum Gasteiger partial charge on any atom is 0.260 e. The Morgan fingerprint density at radius 1 is 1.10 bits per heavy atom. The first-order valence-corrected chi connectivity index (χ1v) is 5.86. The van der Waals surface area contributed by atoms with Gasteiger partial charge in [0.1, 0.15) is 0 Å². The predicted molar refractivity (Wildman–Crippen MR) is 89.2 cm³/mol. The van der Waals surface area contributed by atoms with E-state index in [1.807, 2.05) is 25.1 Å². The number of anilines is 1. The fraction of sp³-hybridized carbons (Fsp3) is 0.0714. The molecule has 0 unspecified atom stereocenters. The number of benzene rings is 1. The molecule has 2 aromatic heterocycles. The van der Waals surface area contributed by atoms with Gasteiger partial charge in [0.15, 0.2) is 0 Å². The number of rotatable bonds is 1. The highest BCUT2D eigenvalue weighted by molar-refractivity contribution is 5.96. The summed E-state index contributed by atoms with van der Waals surface area (Å²) in [6, 6.07) is 7.49. The Morgan fingerprint density at radius 2 is 1.76 bits per heavy atom. The summed E-state index contributed by atoms with van der Waals surface area (Å²) in [4.78, 5) is 22.9. The fourth-order valence-corrected chi connectivity index (χ4v) is 2.25. The van der Waals surface area contributed by atoms with Crippen LogP contribution in [0.3, 0.4) is 0 Å². The molecule has 0 atom stereocenters. The molecule has 0 saturated carbocycles. The molecule has 0 radical (unpaired) electrons. The number of aryl methyl sites for hydroxylation is 1. The SMILES string of the molecule is Cc1ccc2nc(N)[nH]c(=O)c2c1-c1ccncc1.Cl.Cl. The molecule has 0 amide bonds. The second-order valence-corrected chi connectivity index (χ2v) is 4.34. The summed E-state index contributed by atoms with van der Waals surface area (Å²) in [6.45, 7) is 1.96. The van der Waals surface area contributed by atoms with Gasteiger partial charge in [0, 0.05) is 12.4 Å². The van der Waals surface area contributed by atoms with Gasteiger partial charge in [-0.1, -0.05) is 6.07 Å². The lowest BCUT2D eigenvalue weighted by Gasteiger charge is -2.09. The highest BCUT2D eigenvalue weighted by atomic mass is 35.5. The minimum Gasteiger partial charge on any atom is -0.369 e.